The average molecular weight is 357 g/mol. The van der Waals surface area contributed by atoms with Gasteiger partial charge in [-0.25, -0.2) is 0 Å². The summed E-state index contributed by atoms with van der Waals surface area (Å²) in [5, 5.41) is 6.13. The molecule has 0 bridgehead atoms. The average Bonchev–Trinajstić information content (AvgIpc) is 2.96. The molecule has 0 aromatic heterocycles. The standard InChI is InChI=1S/C20H27N3O3/c1-23(2)12-18(25)21-14-6-4-7-15(11-14)22-20(26)16-8-3-5-13-9-10-17(24)19(13)16/h3,5,8,14-15H,4,6-7,9-12H2,1-2H3,(H,21,25)(H,22,26)/t14-,15+/m1/s1. The number of carbonyl (C=O) groups excluding carboxylic acids is 3. The molecule has 1 aromatic rings. The van der Waals surface area contributed by atoms with E-state index in [0.717, 1.165) is 37.7 Å². The fourth-order valence-corrected chi connectivity index (χ4v) is 3.98. The zero-order chi connectivity index (χ0) is 18.7. The Morgan fingerprint density at radius 2 is 1.85 bits per heavy atom. The number of nitrogens with one attached hydrogen (secondary N) is 2. The summed E-state index contributed by atoms with van der Waals surface area (Å²) in [6.45, 7) is 0.367. The van der Waals surface area contributed by atoms with Crippen LogP contribution in [0.15, 0.2) is 18.2 Å². The van der Waals surface area contributed by atoms with Gasteiger partial charge in [-0.15, -0.1) is 0 Å². The normalized spacial score (nSPS) is 22.2. The predicted molar refractivity (Wildman–Crippen MR) is 99.3 cm³/mol. The van der Waals surface area contributed by atoms with Crippen molar-refractivity contribution in [1.29, 1.82) is 0 Å². The molecule has 1 aromatic carbocycles. The lowest BCUT2D eigenvalue weighted by Crippen LogP contribution is -2.47. The van der Waals surface area contributed by atoms with Gasteiger partial charge in [0.05, 0.1) is 12.1 Å². The number of likely N-dealkylation sites (N-methyl/N-ethyl adjacent to an activating group) is 1. The van der Waals surface area contributed by atoms with E-state index in [1.165, 1.54) is 0 Å². The summed E-state index contributed by atoms with van der Waals surface area (Å²) in [7, 11) is 3.73. The molecule has 0 unspecified atom stereocenters. The maximum atomic E-state index is 12.7. The first-order valence-corrected chi connectivity index (χ1v) is 9.34. The van der Waals surface area contributed by atoms with Crippen molar-refractivity contribution >= 4 is 17.6 Å². The van der Waals surface area contributed by atoms with Crippen molar-refractivity contribution in [3.05, 3.63) is 34.9 Å². The van der Waals surface area contributed by atoms with Gasteiger partial charge < -0.3 is 15.5 Å². The number of fused-ring (bicyclic) bond motifs is 1. The monoisotopic (exact) mass is 357 g/mol. The first kappa shape index (κ1) is 18.6. The van der Waals surface area contributed by atoms with E-state index in [-0.39, 0.29) is 29.7 Å². The first-order valence-electron chi connectivity index (χ1n) is 9.34. The molecule has 140 valence electrons. The van der Waals surface area contributed by atoms with E-state index < -0.39 is 0 Å². The highest BCUT2D eigenvalue weighted by molar-refractivity contribution is 6.10. The summed E-state index contributed by atoms with van der Waals surface area (Å²) < 4.78 is 0. The Balaban J connectivity index is 1.61. The lowest BCUT2D eigenvalue weighted by molar-refractivity contribution is -0.122. The Kier molecular flexibility index (Phi) is 5.71. The number of ketones is 1. The number of rotatable bonds is 5. The van der Waals surface area contributed by atoms with Crippen LogP contribution in [0.2, 0.25) is 0 Å². The van der Waals surface area contributed by atoms with Crippen LogP contribution >= 0.6 is 0 Å². The minimum atomic E-state index is -0.178. The van der Waals surface area contributed by atoms with Gasteiger partial charge in [-0.05, 0) is 57.8 Å². The summed E-state index contributed by atoms with van der Waals surface area (Å²) in [5.41, 5.74) is 2.06. The largest absolute Gasteiger partial charge is 0.352 e. The molecule has 0 spiro atoms. The summed E-state index contributed by atoms with van der Waals surface area (Å²) >= 11 is 0. The molecule has 1 saturated carbocycles. The molecule has 0 radical (unpaired) electrons. The van der Waals surface area contributed by atoms with Crippen LogP contribution in [-0.4, -0.2) is 55.2 Å². The second kappa shape index (κ2) is 7.99. The van der Waals surface area contributed by atoms with Crippen LogP contribution in [0.3, 0.4) is 0 Å². The van der Waals surface area contributed by atoms with E-state index in [9.17, 15) is 14.4 Å². The van der Waals surface area contributed by atoms with Crippen LogP contribution < -0.4 is 10.6 Å². The molecule has 2 aliphatic carbocycles. The molecule has 26 heavy (non-hydrogen) atoms. The van der Waals surface area contributed by atoms with Gasteiger partial charge in [0, 0.05) is 24.1 Å². The van der Waals surface area contributed by atoms with Gasteiger partial charge in [-0.3, -0.25) is 14.4 Å². The lowest BCUT2D eigenvalue weighted by atomic mass is 9.90. The summed E-state index contributed by atoms with van der Waals surface area (Å²) in [6.07, 6.45) is 4.73. The molecule has 1 fully saturated rings. The van der Waals surface area contributed by atoms with Gasteiger partial charge in [0.2, 0.25) is 5.91 Å². The maximum absolute atomic E-state index is 12.7. The Morgan fingerprint density at radius 3 is 2.58 bits per heavy atom. The second-order valence-electron chi connectivity index (χ2n) is 7.60. The molecule has 2 N–H and O–H groups in total. The minimum Gasteiger partial charge on any atom is -0.352 e. The minimum absolute atomic E-state index is 0.0125. The molecule has 0 heterocycles. The fourth-order valence-electron chi connectivity index (χ4n) is 3.98. The van der Waals surface area contributed by atoms with E-state index in [4.69, 9.17) is 0 Å². The van der Waals surface area contributed by atoms with Crippen LogP contribution in [0, 0.1) is 0 Å². The topological polar surface area (TPSA) is 78.5 Å². The van der Waals surface area contributed by atoms with Crippen molar-refractivity contribution < 1.29 is 14.4 Å². The molecule has 0 aliphatic heterocycles. The molecule has 0 saturated heterocycles. The predicted octanol–water partition coefficient (Wildman–Crippen LogP) is 1.53. The first-order chi connectivity index (χ1) is 12.4. The number of hydrogen-bond donors (Lipinski definition) is 2. The highest BCUT2D eigenvalue weighted by atomic mass is 16.2. The van der Waals surface area contributed by atoms with Crippen molar-refractivity contribution in [2.75, 3.05) is 20.6 Å². The van der Waals surface area contributed by atoms with Gasteiger partial charge in [-0.1, -0.05) is 12.1 Å². The smallest absolute Gasteiger partial charge is 0.252 e. The van der Waals surface area contributed by atoms with Gasteiger partial charge >= 0.3 is 0 Å². The van der Waals surface area contributed by atoms with Crippen LogP contribution in [-0.2, 0) is 11.2 Å². The molecular weight excluding hydrogens is 330 g/mol. The van der Waals surface area contributed by atoms with E-state index in [2.05, 4.69) is 10.6 Å². The van der Waals surface area contributed by atoms with E-state index in [0.29, 0.717) is 24.1 Å². The van der Waals surface area contributed by atoms with Gasteiger partial charge in [0.1, 0.15) is 0 Å². The zero-order valence-corrected chi connectivity index (χ0v) is 15.5. The van der Waals surface area contributed by atoms with Gasteiger partial charge in [0.15, 0.2) is 5.78 Å². The molecule has 2 amide bonds. The van der Waals surface area contributed by atoms with Crippen molar-refractivity contribution in [1.82, 2.24) is 15.5 Å². The van der Waals surface area contributed by atoms with Crippen LogP contribution in [0.4, 0.5) is 0 Å². The van der Waals surface area contributed by atoms with Gasteiger partial charge in [-0.2, -0.15) is 0 Å². The number of amides is 2. The van der Waals surface area contributed by atoms with Crippen LogP contribution in [0.1, 0.15) is 58.4 Å². The fraction of sp³-hybridized carbons (Fsp3) is 0.550. The summed E-state index contributed by atoms with van der Waals surface area (Å²) in [5.74, 6) is -0.107. The van der Waals surface area contributed by atoms with Crippen molar-refractivity contribution in [2.24, 2.45) is 0 Å². The molecule has 2 aliphatic rings. The highest BCUT2D eigenvalue weighted by Gasteiger charge is 2.28. The van der Waals surface area contributed by atoms with Crippen molar-refractivity contribution in [3.63, 3.8) is 0 Å². The quantitative estimate of drug-likeness (QED) is 0.838. The van der Waals surface area contributed by atoms with Gasteiger partial charge in [0.25, 0.3) is 5.91 Å². The number of hydrogen-bond acceptors (Lipinski definition) is 4. The number of Topliss-reactive ketones (excluding diaryl/α,β-unsaturated/α-hetero) is 1. The molecule has 6 nitrogen and oxygen atoms in total. The molecular formula is C20H27N3O3. The lowest BCUT2D eigenvalue weighted by Gasteiger charge is -2.30. The Bertz CT molecular complexity index is 714. The van der Waals surface area contributed by atoms with E-state index >= 15 is 0 Å². The summed E-state index contributed by atoms with van der Waals surface area (Å²) in [4.78, 5) is 38.6. The van der Waals surface area contributed by atoms with Crippen molar-refractivity contribution in [2.45, 2.75) is 50.6 Å². The van der Waals surface area contributed by atoms with Crippen LogP contribution in [0.25, 0.3) is 0 Å². The highest BCUT2D eigenvalue weighted by Crippen LogP contribution is 2.26. The Labute approximate surface area is 154 Å². The molecule has 2 atom stereocenters. The molecule has 3 rings (SSSR count). The Morgan fingerprint density at radius 1 is 1.12 bits per heavy atom. The van der Waals surface area contributed by atoms with E-state index in [1.54, 1.807) is 6.07 Å². The number of aryl methyl sites for hydroxylation is 1. The summed E-state index contributed by atoms with van der Waals surface area (Å²) in [6, 6.07) is 5.61. The third kappa shape index (κ3) is 4.30. The third-order valence-corrected chi connectivity index (χ3v) is 5.13. The number of nitrogens with zero attached hydrogens (tertiary/aromatic N) is 1. The van der Waals surface area contributed by atoms with Crippen molar-refractivity contribution in [3.8, 4) is 0 Å². The SMILES string of the molecule is CN(C)CC(=O)N[C@@H]1CCC[C@H](NC(=O)c2cccc3c2C(=O)CC3)C1. The number of carbonyl (C=O) groups is 3. The maximum Gasteiger partial charge on any atom is 0.252 e. The third-order valence-electron chi connectivity index (χ3n) is 5.13. The van der Waals surface area contributed by atoms with Crippen LogP contribution in [0.5, 0.6) is 0 Å². The number of benzene rings is 1. The Hall–Kier alpha value is -2.21. The zero-order valence-electron chi connectivity index (χ0n) is 15.5. The second-order valence-corrected chi connectivity index (χ2v) is 7.60. The van der Waals surface area contributed by atoms with E-state index in [1.807, 2.05) is 31.1 Å². The molecule has 6 heteroatoms.